The van der Waals surface area contributed by atoms with E-state index in [1.165, 1.54) is 43.2 Å². The van der Waals surface area contributed by atoms with E-state index in [0.29, 0.717) is 12.0 Å². The van der Waals surface area contributed by atoms with Gasteiger partial charge in [0.15, 0.2) is 0 Å². The summed E-state index contributed by atoms with van der Waals surface area (Å²) >= 11 is 0. The van der Waals surface area contributed by atoms with Crippen LogP contribution in [0.2, 0.25) is 0 Å². The van der Waals surface area contributed by atoms with Crippen molar-refractivity contribution in [1.29, 1.82) is 0 Å². The highest BCUT2D eigenvalue weighted by Crippen LogP contribution is 2.30. The molecule has 0 radical (unpaired) electrons. The van der Waals surface area contributed by atoms with Gasteiger partial charge in [-0.05, 0) is 44.2 Å². The highest BCUT2D eigenvalue weighted by molar-refractivity contribution is 5.23. The first kappa shape index (κ1) is 16.5. The van der Waals surface area contributed by atoms with Crippen LogP contribution in [-0.2, 0) is 4.74 Å². The van der Waals surface area contributed by atoms with Crippen molar-refractivity contribution in [2.75, 3.05) is 13.1 Å². The van der Waals surface area contributed by atoms with Crippen LogP contribution < -0.4 is 5.32 Å². The molecule has 118 valence electrons. The molecule has 1 aromatic carbocycles. The fraction of sp³-hybridized carbons (Fsp3) is 0.684. The summed E-state index contributed by atoms with van der Waals surface area (Å²) in [7, 11) is 0. The van der Waals surface area contributed by atoms with Crippen molar-refractivity contribution in [3.05, 3.63) is 35.4 Å². The third-order valence-electron chi connectivity index (χ3n) is 4.58. The number of hydrogen-bond acceptors (Lipinski definition) is 2. The average molecular weight is 289 g/mol. The largest absolute Gasteiger partial charge is 0.369 e. The Hall–Kier alpha value is -0.860. The molecule has 1 aliphatic carbocycles. The first-order chi connectivity index (χ1) is 10.2. The van der Waals surface area contributed by atoms with Gasteiger partial charge in [0.2, 0.25) is 0 Å². The van der Waals surface area contributed by atoms with Crippen LogP contribution in [0.25, 0.3) is 0 Å². The van der Waals surface area contributed by atoms with Crippen molar-refractivity contribution < 1.29 is 4.74 Å². The molecule has 1 saturated carbocycles. The van der Waals surface area contributed by atoms with Crippen LogP contribution >= 0.6 is 0 Å². The lowest BCUT2D eigenvalue weighted by Gasteiger charge is -2.33. The van der Waals surface area contributed by atoms with Gasteiger partial charge in [0.1, 0.15) is 0 Å². The summed E-state index contributed by atoms with van der Waals surface area (Å²) in [4.78, 5) is 0. The average Bonchev–Trinajstić information content (AvgIpc) is 2.49. The van der Waals surface area contributed by atoms with Crippen LogP contribution in [0.4, 0.5) is 0 Å². The van der Waals surface area contributed by atoms with E-state index in [-0.39, 0.29) is 6.10 Å². The lowest BCUT2D eigenvalue weighted by molar-refractivity contribution is -0.0563. The molecule has 1 aliphatic rings. The van der Waals surface area contributed by atoms with Crippen LogP contribution in [0.15, 0.2) is 24.3 Å². The molecule has 0 heterocycles. The third-order valence-corrected chi connectivity index (χ3v) is 4.58. The molecule has 1 aromatic rings. The maximum absolute atomic E-state index is 6.51. The lowest BCUT2D eigenvalue weighted by atomic mass is 9.87. The Morgan fingerprint density at radius 1 is 1.19 bits per heavy atom. The summed E-state index contributed by atoms with van der Waals surface area (Å²) in [6, 6.07) is 8.83. The molecule has 3 unspecified atom stereocenters. The Morgan fingerprint density at radius 2 is 1.90 bits per heavy atom. The topological polar surface area (TPSA) is 21.3 Å². The number of hydrogen-bond donors (Lipinski definition) is 1. The van der Waals surface area contributed by atoms with Gasteiger partial charge in [-0.25, -0.2) is 0 Å². The van der Waals surface area contributed by atoms with Crippen molar-refractivity contribution in [3.8, 4) is 0 Å². The van der Waals surface area contributed by atoms with Crippen LogP contribution in [0, 0.1) is 12.8 Å². The van der Waals surface area contributed by atoms with Crippen molar-refractivity contribution in [2.45, 2.75) is 65.1 Å². The summed E-state index contributed by atoms with van der Waals surface area (Å²) in [6.45, 7) is 8.66. The molecule has 0 bridgehead atoms. The van der Waals surface area contributed by atoms with Gasteiger partial charge in [-0.1, -0.05) is 56.5 Å². The van der Waals surface area contributed by atoms with Gasteiger partial charge in [-0.2, -0.15) is 0 Å². The molecule has 1 fully saturated rings. The van der Waals surface area contributed by atoms with Crippen LogP contribution in [0.5, 0.6) is 0 Å². The van der Waals surface area contributed by atoms with Gasteiger partial charge >= 0.3 is 0 Å². The minimum absolute atomic E-state index is 0.183. The SMILES string of the molecule is CCCNCC(OC1CCCCC1C)c1ccc(C)cc1. The molecule has 2 nitrogen and oxygen atoms in total. The maximum atomic E-state index is 6.51. The van der Waals surface area contributed by atoms with Crippen molar-refractivity contribution >= 4 is 0 Å². The molecule has 21 heavy (non-hydrogen) atoms. The molecule has 2 heteroatoms. The highest BCUT2D eigenvalue weighted by Gasteiger charge is 2.25. The maximum Gasteiger partial charge on any atom is 0.0953 e. The second-order valence-corrected chi connectivity index (χ2v) is 6.54. The van der Waals surface area contributed by atoms with E-state index in [9.17, 15) is 0 Å². The molecule has 2 rings (SSSR count). The Bertz CT molecular complexity index is 401. The van der Waals surface area contributed by atoms with Gasteiger partial charge in [0.05, 0.1) is 12.2 Å². The zero-order valence-corrected chi connectivity index (χ0v) is 13.9. The van der Waals surface area contributed by atoms with E-state index in [4.69, 9.17) is 4.74 Å². The van der Waals surface area contributed by atoms with E-state index in [0.717, 1.165) is 13.1 Å². The van der Waals surface area contributed by atoms with E-state index < -0.39 is 0 Å². The molecular formula is C19H31NO. The molecule has 1 N–H and O–H groups in total. The summed E-state index contributed by atoms with van der Waals surface area (Å²) in [6.07, 6.45) is 6.99. The summed E-state index contributed by atoms with van der Waals surface area (Å²) in [5.74, 6) is 0.692. The fourth-order valence-electron chi connectivity index (χ4n) is 3.13. The van der Waals surface area contributed by atoms with Crippen LogP contribution in [0.1, 0.15) is 63.2 Å². The first-order valence-electron chi connectivity index (χ1n) is 8.63. The highest BCUT2D eigenvalue weighted by atomic mass is 16.5. The van der Waals surface area contributed by atoms with Gasteiger partial charge < -0.3 is 10.1 Å². The number of rotatable bonds is 7. The predicted molar refractivity (Wildman–Crippen MR) is 89.6 cm³/mol. The molecule has 0 amide bonds. The van der Waals surface area contributed by atoms with Gasteiger partial charge in [-0.15, -0.1) is 0 Å². The minimum atomic E-state index is 0.183. The summed E-state index contributed by atoms with van der Waals surface area (Å²) < 4.78 is 6.51. The smallest absolute Gasteiger partial charge is 0.0953 e. The number of benzene rings is 1. The first-order valence-corrected chi connectivity index (χ1v) is 8.63. The van der Waals surface area contributed by atoms with Crippen LogP contribution in [-0.4, -0.2) is 19.2 Å². The molecule has 0 aromatic heterocycles. The monoisotopic (exact) mass is 289 g/mol. The lowest BCUT2D eigenvalue weighted by Crippen LogP contribution is -2.32. The molecule has 0 spiro atoms. The Kier molecular flexibility index (Phi) is 6.72. The predicted octanol–water partition coefficient (Wildman–Crippen LogP) is 4.63. The summed E-state index contributed by atoms with van der Waals surface area (Å²) in [5.41, 5.74) is 2.62. The minimum Gasteiger partial charge on any atom is -0.369 e. The Balaban J connectivity index is 2.02. The molecular weight excluding hydrogens is 258 g/mol. The van der Waals surface area contributed by atoms with Gasteiger partial charge in [0.25, 0.3) is 0 Å². The van der Waals surface area contributed by atoms with Crippen molar-refractivity contribution in [1.82, 2.24) is 5.32 Å². The Labute approximate surface area is 130 Å². The quantitative estimate of drug-likeness (QED) is 0.739. The van der Waals surface area contributed by atoms with Crippen molar-refractivity contribution in [3.63, 3.8) is 0 Å². The van der Waals surface area contributed by atoms with E-state index in [1.54, 1.807) is 0 Å². The molecule has 0 aliphatic heterocycles. The second kappa shape index (κ2) is 8.55. The standard InChI is InChI=1S/C19H31NO/c1-4-13-20-14-19(17-11-9-15(2)10-12-17)21-18-8-6-5-7-16(18)3/h9-12,16,18-20H,4-8,13-14H2,1-3H3. The third kappa shape index (κ3) is 5.12. The fourth-order valence-corrected chi connectivity index (χ4v) is 3.13. The van der Waals surface area contributed by atoms with E-state index in [2.05, 4.69) is 50.4 Å². The molecule has 0 saturated heterocycles. The second-order valence-electron chi connectivity index (χ2n) is 6.54. The van der Waals surface area contributed by atoms with Crippen molar-refractivity contribution in [2.24, 2.45) is 5.92 Å². The number of ether oxygens (including phenoxy) is 1. The number of aryl methyl sites for hydroxylation is 1. The van der Waals surface area contributed by atoms with Gasteiger partial charge in [-0.3, -0.25) is 0 Å². The zero-order valence-electron chi connectivity index (χ0n) is 13.9. The van der Waals surface area contributed by atoms with Gasteiger partial charge in [0, 0.05) is 6.54 Å². The normalized spacial score (nSPS) is 24.0. The van der Waals surface area contributed by atoms with E-state index in [1.807, 2.05) is 0 Å². The summed E-state index contributed by atoms with van der Waals surface area (Å²) in [5, 5.41) is 3.53. The van der Waals surface area contributed by atoms with Crippen LogP contribution in [0.3, 0.4) is 0 Å². The zero-order chi connectivity index (χ0) is 15.1. The van der Waals surface area contributed by atoms with E-state index >= 15 is 0 Å². The Morgan fingerprint density at radius 3 is 2.57 bits per heavy atom. The molecule has 3 atom stereocenters. The number of nitrogens with one attached hydrogen (secondary N) is 1.